The third-order valence-electron chi connectivity index (χ3n) is 5.86. The molecule has 1 aliphatic rings. The van der Waals surface area contributed by atoms with Gasteiger partial charge in [-0.1, -0.05) is 19.3 Å². The molecule has 0 aliphatic heterocycles. The summed E-state index contributed by atoms with van der Waals surface area (Å²) in [7, 11) is 0. The number of rotatable bonds is 3. The molecule has 1 fully saturated rings. The Bertz CT molecular complexity index is 1120. The van der Waals surface area contributed by atoms with Gasteiger partial charge < -0.3 is 9.55 Å². The van der Waals surface area contributed by atoms with Crippen LogP contribution in [0.3, 0.4) is 0 Å². The van der Waals surface area contributed by atoms with Crippen molar-refractivity contribution in [3.8, 4) is 22.5 Å². The van der Waals surface area contributed by atoms with Crippen molar-refractivity contribution in [3.05, 3.63) is 60.4 Å². The van der Waals surface area contributed by atoms with Gasteiger partial charge in [0.2, 0.25) is 0 Å². The summed E-state index contributed by atoms with van der Waals surface area (Å²) in [6.07, 6.45) is 9.93. The lowest BCUT2D eigenvalue weighted by molar-refractivity contribution is 0.351. The zero-order valence-electron chi connectivity index (χ0n) is 16.0. The number of H-pyrrole nitrogens is 1. The molecule has 0 radical (unpaired) electrons. The van der Waals surface area contributed by atoms with Gasteiger partial charge in [-0.25, -0.2) is 14.4 Å². The van der Waals surface area contributed by atoms with Crippen LogP contribution in [0.25, 0.3) is 33.5 Å². The zero-order chi connectivity index (χ0) is 19.1. The monoisotopic (exact) mass is 374 g/mol. The molecule has 0 saturated heterocycles. The van der Waals surface area contributed by atoms with Gasteiger partial charge in [-0.15, -0.1) is 0 Å². The number of aryl methyl sites for hydroxylation is 1. The topological polar surface area (TPSA) is 46.5 Å². The van der Waals surface area contributed by atoms with Crippen LogP contribution >= 0.6 is 0 Å². The summed E-state index contributed by atoms with van der Waals surface area (Å²) in [6.45, 7) is 2.08. The predicted octanol–water partition coefficient (Wildman–Crippen LogP) is 6.05. The molecule has 0 unspecified atom stereocenters. The number of nitrogens with zero attached hydrogens (tertiary/aromatic N) is 3. The summed E-state index contributed by atoms with van der Waals surface area (Å²) in [5, 5.41) is 1.09. The number of aromatic amines is 1. The quantitative estimate of drug-likeness (QED) is 0.475. The van der Waals surface area contributed by atoms with Crippen LogP contribution in [-0.4, -0.2) is 19.5 Å². The molecule has 0 bridgehead atoms. The van der Waals surface area contributed by atoms with Gasteiger partial charge in [0.15, 0.2) is 0 Å². The Morgan fingerprint density at radius 3 is 2.61 bits per heavy atom. The van der Waals surface area contributed by atoms with E-state index in [-0.39, 0.29) is 5.82 Å². The van der Waals surface area contributed by atoms with Crippen molar-refractivity contribution in [3.63, 3.8) is 0 Å². The summed E-state index contributed by atoms with van der Waals surface area (Å²) >= 11 is 0. The molecule has 1 aliphatic carbocycles. The number of fused-ring (bicyclic) bond motifs is 1. The Morgan fingerprint density at radius 2 is 1.82 bits per heavy atom. The fourth-order valence-electron chi connectivity index (χ4n) is 4.56. The summed E-state index contributed by atoms with van der Waals surface area (Å²) < 4.78 is 15.9. The van der Waals surface area contributed by atoms with Crippen LogP contribution in [0, 0.1) is 12.7 Å². The minimum Gasteiger partial charge on any atom is -0.346 e. The van der Waals surface area contributed by atoms with E-state index in [1.165, 1.54) is 44.2 Å². The number of benzene rings is 1. The van der Waals surface area contributed by atoms with Crippen LogP contribution in [0.4, 0.5) is 4.39 Å². The molecule has 1 N–H and O–H groups in total. The number of halogens is 1. The van der Waals surface area contributed by atoms with Gasteiger partial charge in [-0.3, -0.25) is 0 Å². The third kappa shape index (κ3) is 2.82. The van der Waals surface area contributed by atoms with Crippen LogP contribution in [0.2, 0.25) is 0 Å². The molecular formula is C23H23FN4. The molecule has 5 heteroatoms. The highest BCUT2D eigenvalue weighted by molar-refractivity contribution is 5.96. The number of nitrogens with one attached hydrogen (secondary N) is 1. The van der Waals surface area contributed by atoms with Crippen molar-refractivity contribution in [2.45, 2.75) is 45.1 Å². The maximum atomic E-state index is 13.5. The van der Waals surface area contributed by atoms with Gasteiger partial charge in [0, 0.05) is 34.9 Å². The highest BCUT2D eigenvalue weighted by atomic mass is 19.1. The zero-order valence-corrected chi connectivity index (χ0v) is 16.0. The fourth-order valence-corrected chi connectivity index (χ4v) is 4.56. The van der Waals surface area contributed by atoms with Crippen molar-refractivity contribution in [2.24, 2.45) is 0 Å². The second-order valence-corrected chi connectivity index (χ2v) is 7.62. The summed E-state index contributed by atoms with van der Waals surface area (Å²) in [5.41, 5.74) is 4.96. The van der Waals surface area contributed by atoms with Gasteiger partial charge in [0.25, 0.3) is 0 Å². The lowest BCUT2D eigenvalue weighted by Crippen LogP contribution is -2.15. The molecule has 3 aromatic heterocycles. The Labute approximate surface area is 163 Å². The number of imidazole rings is 1. The molecule has 1 aromatic carbocycles. The van der Waals surface area contributed by atoms with E-state index in [1.54, 1.807) is 0 Å². The van der Waals surface area contributed by atoms with Gasteiger partial charge >= 0.3 is 0 Å². The maximum Gasteiger partial charge on any atom is 0.137 e. The van der Waals surface area contributed by atoms with Crippen LogP contribution in [0.5, 0.6) is 0 Å². The third-order valence-corrected chi connectivity index (χ3v) is 5.86. The molecule has 3 heterocycles. The highest BCUT2D eigenvalue weighted by Gasteiger charge is 2.26. The van der Waals surface area contributed by atoms with E-state index in [0.717, 1.165) is 39.4 Å². The highest BCUT2D eigenvalue weighted by Crippen LogP contribution is 2.41. The van der Waals surface area contributed by atoms with E-state index in [1.807, 2.05) is 24.5 Å². The van der Waals surface area contributed by atoms with Gasteiger partial charge in [0.05, 0.1) is 11.4 Å². The first-order chi connectivity index (χ1) is 13.7. The summed E-state index contributed by atoms with van der Waals surface area (Å²) in [5.74, 6) is 0.785. The molecule has 142 valence electrons. The summed E-state index contributed by atoms with van der Waals surface area (Å²) in [6, 6.07) is 11.2. The molecule has 1 saturated carbocycles. The number of aromatic nitrogens is 4. The van der Waals surface area contributed by atoms with E-state index in [2.05, 4.69) is 33.6 Å². The smallest absolute Gasteiger partial charge is 0.137 e. The predicted molar refractivity (Wildman–Crippen MR) is 110 cm³/mol. The lowest BCUT2D eigenvalue weighted by Gasteiger charge is -2.26. The average Bonchev–Trinajstić information content (AvgIpc) is 3.33. The van der Waals surface area contributed by atoms with Crippen LogP contribution in [0.15, 0.2) is 48.8 Å². The van der Waals surface area contributed by atoms with E-state index in [0.29, 0.717) is 6.04 Å². The van der Waals surface area contributed by atoms with Crippen LogP contribution in [0.1, 0.15) is 44.0 Å². The van der Waals surface area contributed by atoms with Crippen molar-refractivity contribution < 1.29 is 4.39 Å². The van der Waals surface area contributed by atoms with Crippen LogP contribution in [-0.2, 0) is 0 Å². The number of hydrogen-bond donors (Lipinski definition) is 1. The van der Waals surface area contributed by atoms with Crippen molar-refractivity contribution in [2.75, 3.05) is 0 Å². The first-order valence-corrected chi connectivity index (χ1v) is 9.99. The van der Waals surface area contributed by atoms with Crippen molar-refractivity contribution in [1.82, 2.24) is 19.5 Å². The first-order valence-electron chi connectivity index (χ1n) is 9.99. The van der Waals surface area contributed by atoms with Crippen molar-refractivity contribution in [1.29, 1.82) is 0 Å². The minimum atomic E-state index is -0.231. The Morgan fingerprint density at radius 1 is 1.04 bits per heavy atom. The van der Waals surface area contributed by atoms with E-state index in [9.17, 15) is 4.39 Å². The van der Waals surface area contributed by atoms with E-state index < -0.39 is 0 Å². The number of hydrogen-bond acceptors (Lipinski definition) is 2. The second-order valence-electron chi connectivity index (χ2n) is 7.62. The molecular weight excluding hydrogens is 351 g/mol. The summed E-state index contributed by atoms with van der Waals surface area (Å²) in [4.78, 5) is 12.6. The first kappa shape index (κ1) is 17.2. The van der Waals surface area contributed by atoms with Crippen LogP contribution < -0.4 is 0 Å². The Hall–Kier alpha value is -2.95. The Kier molecular flexibility index (Phi) is 4.23. The van der Waals surface area contributed by atoms with Gasteiger partial charge in [-0.05, 0) is 56.2 Å². The van der Waals surface area contributed by atoms with Crippen molar-refractivity contribution >= 4 is 11.0 Å². The van der Waals surface area contributed by atoms with Gasteiger partial charge in [-0.2, -0.15) is 0 Å². The lowest BCUT2D eigenvalue weighted by atomic mass is 9.94. The Balaban J connectivity index is 1.78. The molecule has 5 rings (SSSR count). The molecule has 0 amide bonds. The second kappa shape index (κ2) is 6.89. The molecule has 4 aromatic rings. The molecule has 4 nitrogen and oxygen atoms in total. The minimum absolute atomic E-state index is 0.231. The molecule has 0 spiro atoms. The molecule has 0 atom stereocenters. The fraction of sp³-hybridized carbons (Fsp3) is 0.304. The van der Waals surface area contributed by atoms with Gasteiger partial charge in [0.1, 0.15) is 17.3 Å². The standard InChI is InChI=1S/C23H23FN4/c1-15-27-21(16-7-9-17(24)10-8-16)22(28(15)18-5-3-2-4-6-18)19-11-13-25-23-20(19)12-14-26-23/h7-14,18H,2-6H2,1H3,(H,25,26). The normalized spacial score (nSPS) is 15.4. The van der Waals surface area contributed by atoms with E-state index >= 15 is 0 Å². The number of pyridine rings is 1. The molecule has 28 heavy (non-hydrogen) atoms. The van der Waals surface area contributed by atoms with E-state index in [4.69, 9.17) is 4.98 Å². The largest absolute Gasteiger partial charge is 0.346 e. The maximum absolute atomic E-state index is 13.5. The SMILES string of the molecule is Cc1nc(-c2ccc(F)cc2)c(-c2ccnc3[nH]ccc23)n1C1CCCCC1. The average molecular weight is 374 g/mol.